The average molecular weight is 364 g/mol. The van der Waals surface area contributed by atoms with Crippen molar-refractivity contribution in [1.29, 1.82) is 0 Å². The molecule has 2 heterocycles. The van der Waals surface area contributed by atoms with Crippen molar-refractivity contribution < 1.29 is 22.7 Å². The minimum atomic E-state index is -4.83. The summed E-state index contributed by atoms with van der Waals surface area (Å²) in [6, 6.07) is 5.63. The molecule has 2 aromatic heterocycles. The first kappa shape index (κ1) is 17.7. The maximum atomic E-state index is 12.6. The van der Waals surface area contributed by atoms with Crippen molar-refractivity contribution >= 4 is 17.1 Å². The number of hydrogen-bond acceptors (Lipinski definition) is 4. The second kappa shape index (κ2) is 7.03. The number of alkyl halides is 3. The lowest BCUT2D eigenvalue weighted by molar-refractivity contribution is -0.274. The lowest BCUT2D eigenvalue weighted by atomic mass is 10.1. The molecule has 0 aliphatic heterocycles. The summed E-state index contributed by atoms with van der Waals surface area (Å²) in [5, 5.41) is 2.73. The molecule has 2 N–H and O–H groups in total. The van der Waals surface area contributed by atoms with Crippen LogP contribution in [-0.2, 0) is 0 Å². The van der Waals surface area contributed by atoms with Crippen LogP contribution >= 0.6 is 0 Å². The van der Waals surface area contributed by atoms with Crippen molar-refractivity contribution in [2.75, 3.05) is 6.54 Å². The standard InChI is InChI=1S/C17H15F3N4O2/c1-2-7-21-16(25)11-8-22-15-14(11)24-12(9-23-15)10-5-3-4-6-13(10)26-17(18,19)20/h3-6,8-9H,2,7H2,1H3,(H,21,25)(H,22,23). The van der Waals surface area contributed by atoms with E-state index in [0.29, 0.717) is 12.2 Å². The van der Waals surface area contributed by atoms with Crippen molar-refractivity contribution in [3.05, 3.63) is 42.2 Å². The number of rotatable bonds is 5. The van der Waals surface area contributed by atoms with E-state index in [2.05, 4.69) is 25.0 Å². The van der Waals surface area contributed by atoms with Gasteiger partial charge in [0.05, 0.1) is 17.5 Å². The molecule has 6 nitrogen and oxygen atoms in total. The molecule has 0 saturated heterocycles. The summed E-state index contributed by atoms with van der Waals surface area (Å²) < 4.78 is 41.9. The average Bonchev–Trinajstić information content (AvgIpc) is 3.02. The number of nitrogens with one attached hydrogen (secondary N) is 2. The van der Waals surface area contributed by atoms with Gasteiger partial charge in [-0.15, -0.1) is 13.2 Å². The number of H-pyrrole nitrogens is 1. The van der Waals surface area contributed by atoms with Gasteiger partial charge in [0.15, 0.2) is 5.65 Å². The smallest absolute Gasteiger partial charge is 0.405 e. The maximum Gasteiger partial charge on any atom is 0.573 e. The van der Waals surface area contributed by atoms with Gasteiger partial charge in [-0.3, -0.25) is 4.79 Å². The van der Waals surface area contributed by atoms with Crippen molar-refractivity contribution in [1.82, 2.24) is 20.3 Å². The fourth-order valence-electron chi connectivity index (χ4n) is 2.42. The normalized spacial score (nSPS) is 11.5. The summed E-state index contributed by atoms with van der Waals surface area (Å²) in [5.74, 6) is -0.717. The largest absolute Gasteiger partial charge is 0.573 e. The number of para-hydroxylation sites is 1. The van der Waals surface area contributed by atoms with Crippen LogP contribution in [0.1, 0.15) is 23.7 Å². The molecule has 0 atom stereocenters. The zero-order valence-corrected chi connectivity index (χ0v) is 13.7. The Morgan fingerprint density at radius 1 is 1.31 bits per heavy atom. The molecule has 26 heavy (non-hydrogen) atoms. The Labute approximate surface area is 146 Å². The molecule has 3 rings (SSSR count). The van der Waals surface area contributed by atoms with Gasteiger partial charge in [0.1, 0.15) is 11.3 Å². The van der Waals surface area contributed by atoms with Gasteiger partial charge in [0.25, 0.3) is 5.91 Å². The topological polar surface area (TPSA) is 79.9 Å². The Kier molecular flexibility index (Phi) is 4.79. The number of nitrogens with zero attached hydrogens (tertiary/aromatic N) is 2. The van der Waals surface area contributed by atoms with Gasteiger partial charge in [-0.25, -0.2) is 9.97 Å². The van der Waals surface area contributed by atoms with E-state index in [1.165, 1.54) is 30.6 Å². The van der Waals surface area contributed by atoms with Crippen LogP contribution in [0.25, 0.3) is 22.4 Å². The Morgan fingerprint density at radius 3 is 2.81 bits per heavy atom. The molecule has 0 aliphatic carbocycles. The first-order valence-corrected chi connectivity index (χ1v) is 7.86. The molecule has 0 unspecified atom stereocenters. The Balaban J connectivity index is 2.03. The van der Waals surface area contributed by atoms with Crippen LogP contribution in [0.4, 0.5) is 13.2 Å². The number of aromatic nitrogens is 3. The SMILES string of the molecule is CCCNC(=O)c1c[nH]c2ncc(-c3ccccc3OC(F)(F)F)nc12. The Morgan fingerprint density at radius 2 is 2.08 bits per heavy atom. The number of carbonyl (C=O) groups is 1. The highest BCUT2D eigenvalue weighted by Crippen LogP contribution is 2.33. The summed E-state index contributed by atoms with van der Waals surface area (Å²) in [5.41, 5.74) is 1.21. The number of benzene rings is 1. The highest BCUT2D eigenvalue weighted by molar-refractivity contribution is 6.04. The minimum Gasteiger partial charge on any atom is -0.405 e. The highest BCUT2D eigenvalue weighted by Gasteiger charge is 2.32. The van der Waals surface area contributed by atoms with Crippen molar-refractivity contribution in [2.45, 2.75) is 19.7 Å². The second-order valence-electron chi connectivity index (χ2n) is 5.45. The van der Waals surface area contributed by atoms with Crippen LogP contribution in [0.3, 0.4) is 0 Å². The predicted molar refractivity (Wildman–Crippen MR) is 88.6 cm³/mol. The van der Waals surface area contributed by atoms with Gasteiger partial charge in [-0.1, -0.05) is 19.1 Å². The highest BCUT2D eigenvalue weighted by atomic mass is 19.4. The number of carbonyl (C=O) groups excluding carboxylic acids is 1. The molecule has 9 heteroatoms. The number of ether oxygens (including phenoxy) is 1. The molecule has 0 bridgehead atoms. The van der Waals surface area contributed by atoms with Crippen molar-refractivity contribution in [2.24, 2.45) is 0 Å². The number of hydrogen-bond donors (Lipinski definition) is 2. The summed E-state index contributed by atoms with van der Waals surface area (Å²) >= 11 is 0. The van der Waals surface area contributed by atoms with Crippen LogP contribution in [0.2, 0.25) is 0 Å². The molecule has 3 aromatic rings. The molecule has 1 aromatic carbocycles. The summed E-state index contributed by atoms with van der Waals surface area (Å²) in [6.45, 7) is 2.42. The van der Waals surface area contributed by atoms with E-state index in [4.69, 9.17) is 0 Å². The van der Waals surface area contributed by atoms with Gasteiger partial charge >= 0.3 is 6.36 Å². The third-order valence-corrected chi connectivity index (χ3v) is 3.55. The summed E-state index contributed by atoms with van der Waals surface area (Å²) in [7, 11) is 0. The minimum absolute atomic E-state index is 0.125. The van der Waals surface area contributed by atoms with Gasteiger partial charge in [-0.05, 0) is 18.6 Å². The third-order valence-electron chi connectivity index (χ3n) is 3.55. The molecule has 0 aliphatic rings. The van der Waals surface area contributed by atoms with Gasteiger partial charge in [-0.2, -0.15) is 0 Å². The fourth-order valence-corrected chi connectivity index (χ4v) is 2.42. The molecule has 0 spiro atoms. The molecule has 0 radical (unpaired) electrons. The molecule has 1 amide bonds. The van der Waals surface area contributed by atoms with E-state index in [-0.39, 0.29) is 34.0 Å². The van der Waals surface area contributed by atoms with Crippen molar-refractivity contribution in [3.63, 3.8) is 0 Å². The lowest BCUT2D eigenvalue weighted by Gasteiger charge is -2.12. The van der Waals surface area contributed by atoms with E-state index in [1.54, 1.807) is 6.07 Å². The van der Waals surface area contributed by atoms with E-state index < -0.39 is 6.36 Å². The molecular weight excluding hydrogens is 349 g/mol. The van der Waals surface area contributed by atoms with Gasteiger partial charge in [0, 0.05) is 18.3 Å². The molecule has 136 valence electrons. The summed E-state index contributed by atoms with van der Waals surface area (Å²) in [4.78, 5) is 23.5. The van der Waals surface area contributed by atoms with Gasteiger partial charge < -0.3 is 15.0 Å². The first-order chi connectivity index (χ1) is 12.4. The second-order valence-corrected chi connectivity index (χ2v) is 5.45. The Hall–Kier alpha value is -3.10. The Bertz CT molecular complexity index is 937. The predicted octanol–water partition coefficient (Wildman–Crippen LogP) is 3.66. The third kappa shape index (κ3) is 3.76. The number of amides is 1. The number of fused-ring (bicyclic) bond motifs is 1. The number of aromatic amines is 1. The quantitative estimate of drug-likeness (QED) is 0.724. The monoisotopic (exact) mass is 364 g/mol. The van der Waals surface area contributed by atoms with E-state index in [9.17, 15) is 18.0 Å². The van der Waals surface area contributed by atoms with Crippen LogP contribution in [0.5, 0.6) is 5.75 Å². The van der Waals surface area contributed by atoms with E-state index in [0.717, 1.165) is 6.42 Å². The summed E-state index contributed by atoms with van der Waals surface area (Å²) in [6.07, 6.45) is -1.26. The number of halogens is 3. The maximum absolute atomic E-state index is 12.6. The van der Waals surface area contributed by atoms with E-state index in [1.807, 2.05) is 6.92 Å². The first-order valence-electron chi connectivity index (χ1n) is 7.86. The molecule has 0 fully saturated rings. The molecular formula is C17H15F3N4O2. The van der Waals surface area contributed by atoms with Crippen molar-refractivity contribution in [3.8, 4) is 17.0 Å². The molecule has 0 saturated carbocycles. The zero-order chi connectivity index (χ0) is 18.7. The van der Waals surface area contributed by atoms with Crippen LogP contribution < -0.4 is 10.1 Å². The van der Waals surface area contributed by atoms with Crippen LogP contribution in [0.15, 0.2) is 36.7 Å². The van der Waals surface area contributed by atoms with Gasteiger partial charge in [0.2, 0.25) is 0 Å². The zero-order valence-electron chi connectivity index (χ0n) is 13.7. The lowest BCUT2D eigenvalue weighted by Crippen LogP contribution is -2.23. The van der Waals surface area contributed by atoms with Crippen LogP contribution in [0, 0.1) is 0 Å². The van der Waals surface area contributed by atoms with Crippen LogP contribution in [-0.4, -0.2) is 33.8 Å². The fraction of sp³-hybridized carbons (Fsp3) is 0.235. The van der Waals surface area contributed by atoms with E-state index >= 15 is 0 Å².